The minimum absolute atomic E-state index is 0.0572. The Morgan fingerprint density at radius 2 is 1.95 bits per heavy atom. The Hall–Kier alpha value is -0.820. The Balaban J connectivity index is 1.75. The maximum Gasteiger partial charge on any atom is 0.0596 e. The summed E-state index contributed by atoms with van der Waals surface area (Å²) in [6.07, 6.45) is 6.03. The predicted octanol–water partition coefficient (Wildman–Crippen LogP) is 4.77. The molecule has 4 rings (SSSR count). The highest BCUT2D eigenvalue weighted by Crippen LogP contribution is 2.62. The van der Waals surface area contributed by atoms with E-state index < -0.39 is 0 Å². The molecule has 0 bridgehead atoms. The van der Waals surface area contributed by atoms with Crippen LogP contribution in [0.1, 0.15) is 74.5 Å². The fraction of sp³-hybridized carbons (Fsp3) is 0.700. The first-order chi connectivity index (χ1) is 10.0. The van der Waals surface area contributed by atoms with Crippen LogP contribution < -0.4 is 0 Å². The molecule has 1 N–H and O–H groups in total. The molecule has 2 saturated carbocycles. The van der Waals surface area contributed by atoms with Gasteiger partial charge in [0.15, 0.2) is 0 Å². The molecule has 0 aromatic heterocycles. The molecule has 0 heterocycles. The fourth-order valence-electron chi connectivity index (χ4n) is 5.97. The van der Waals surface area contributed by atoms with Gasteiger partial charge in [0.2, 0.25) is 0 Å². The van der Waals surface area contributed by atoms with Gasteiger partial charge in [-0.3, -0.25) is 0 Å². The number of hydrogen-bond acceptors (Lipinski definition) is 1. The van der Waals surface area contributed by atoms with Crippen molar-refractivity contribution in [2.24, 2.45) is 17.3 Å². The van der Waals surface area contributed by atoms with Crippen LogP contribution in [0.15, 0.2) is 18.2 Å². The molecular weight excluding hydrogens is 256 g/mol. The summed E-state index contributed by atoms with van der Waals surface area (Å²) in [6, 6.07) is 7.13. The molecule has 6 atom stereocenters. The van der Waals surface area contributed by atoms with E-state index in [1.54, 1.807) is 11.1 Å². The summed E-state index contributed by atoms with van der Waals surface area (Å²) < 4.78 is 0. The van der Waals surface area contributed by atoms with E-state index in [1.807, 2.05) is 0 Å². The predicted molar refractivity (Wildman–Crippen MR) is 86.5 cm³/mol. The summed E-state index contributed by atoms with van der Waals surface area (Å²) in [7, 11) is 0. The van der Waals surface area contributed by atoms with Crippen LogP contribution in [-0.4, -0.2) is 11.2 Å². The molecule has 114 valence electrons. The molecule has 0 spiro atoms. The molecule has 0 amide bonds. The molecule has 0 radical (unpaired) electrons. The number of aliphatic hydroxyl groups excluding tert-OH is 1. The number of rotatable bonds is 0. The molecule has 3 unspecified atom stereocenters. The lowest BCUT2D eigenvalue weighted by Crippen LogP contribution is -2.44. The summed E-state index contributed by atoms with van der Waals surface area (Å²) in [5.74, 6) is 2.97. The SMILES string of the molecule is Cc1ccc2c(c1)[C@@H](C)CC1C2CC[C@@]2(C)C1CC[C@@H]2O. The van der Waals surface area contributed by atoms with Gasteiger partial charge >= 0.3 is 0 Å². The number of aryl methyl sites for hydroxylation is 1. The van der Waals surface area contributed by atoms with Crippen LogP contribution in [0, 0.1) is 24.2 Å². The Labute approximate surface area is 128 Å². The van der Waals surface area contributed by atoms with Gasteiger partial charge in [0, 0.05) is 0 Å². The van der Waals surface area contributed by atoms with Gasteiger partial charge in [-0.25, -0.2) is 0 Å². The van der Waals surface area contributed by atoms with Crippen molar-refractivity contribution in [3.63, 3.8) is 0 Å². The zero-order valence-electron chi connectivity index (χ0n) is 13.6. The van der Waals surface area contributed by atoms with Crippen molar-refractivity contribution in [2.75, 3.05) is 0 Å². The summed E-state index contributed by atoms with van der Waals surface area (Å²) in [4.78, 5) is 0. The summed E-state index contributed by atoms with van der Waals surface area (Å²) in [6.45, 7) is 6.98. The highest BCUT2D eigenvalue weighted by Gasteiger charge is 2.54. The van der Waals surface area contributed by atoms with E-state index in [1.165, 1.54) is 31.2 Å². The Kier molecular flexibility index (Phi) is 3.02. The van der Waals surface area contributed by atoms with Crippen LogP contribution in [0.4, 0.5) is 0 Å². The van der Waals surface area contributed by atoms with E-state index in [-0.39, 0.29) is 11.5 Å². The largest absolute Gasteiger partial charge is 0.393 e. The molecular formula is C20H28O. The second-order valence-corrected chi connectivity index (χ2v) is 8.28. The quantitative estimate of drug-likeness (QED) is 0.727. The monoisotopic (exact) mass is 284 g/mol. The first kappa shape index (κ1) is 13.8. The lowest BCUT2D eigenvalue weighted by atomic mass is 9.54. The normalized spacial score (nSPS) is 44.9. The van der Waals surface area contributed by atoms with Crippen molar-refractivity contribution in [3.8, 4) is 0 Å². The summed E-state index contributed by atoms with van der Waals surface area (Å²) in [5.41, 5.74) is 4.84. The minimum atomic E-state index is -0.0572. The molecule has 1 heteroatoms. The summed E-state index contributed by atoms with van der Waals surface area (Å²) in [5, 5.41) is 10.5. The van der Waals surface area contributed by atoms with E-state index >= 15 is 0 Å². The van der Waals surface area contributed by atoms with E-state index in [0.29, 0.717) is 5.92 Å². The van der Waals surface area contributed by atoms with Gasteiger partial charge in [-0.2, -0.15) is 0 Å². The first-order valence-corrected chi connectivity index (χ1v) is 8.79. The standard InChI is InChI=1S/C20H28O/c1-12-4-5-14-15-8-9-20(3)18(6-7-19(20)21)17(15)11-13(2)16(14)10-12/h4-5,10,13,15,17-19,21H,6-9,11H2,1-3H3/t13-,15?,17?,18?,19-,20-/m0/s1. The van der Waals surface area contributed by atoms with Crippen LogP contribution in [0.3, 0.4) is 0 Å². The van der Waals surface area contributed by atoms with Gasteiger partial charge in [-0.1, -0.05) is 37.6 Å². The fourth-order valence-corrected chi connectivity index (χ4v) is 5.97. The highest BCUT2D eigenvalue weighted by molar-refractivity contribution is 5.40. The number of benzene rings is 1. The molecule has 1 nitrogen and oxygen atoms in total. The maximum atomic E-state index is 10.5. The van der Waals surface area contributed by atoms with Crippen molar-refractivity contribution in [1.29, 1.82) is 0 Å². The van der Waals surface area contributed by atoms with Crippen molar-refractivity contribution in [1.82, 2.24) is 0 Å². The third-order valence-electron chi connectivity index (χ3n) is 7.19. The Morgan fingerprint density at radius 3 is 2.76 bits per heavy atom. The summed E-state index contributed by atoms with van der Waals surface area (Å²) >= 11 is 0. The minimum Gasteiger partial charge on any atom is -0.393 e. The number of aliphatic hydroxyl groups is 1. The Bertz CT molecular complexity index is 563. The van der Waals surface area contributed by atoms with Crippen molar-refractivity contribution < 1.29 is 5.11 Å². The number of fused-ring (bicyclic) bond motifs is 5. The second kappa shape index (κ2) is 4.59. The van der Waals surface area contributed by atoms with Gasteiger partial charge in [0.05, 0.1) is 6.10 Å². The molecule has 3 aliphatic rings. The van der Waals surface area contributed by atoms with E-state index in [9.17, 15) is 5.11 Å². The topological polar surface area (TPSA) is 20.2 Å². The van der Waals surface area contributed by atoms with Crippen LogP contribution >= 0.6 is 0 Å². The van der Waals surface area contributed by atoms with Crippen LogP contribution in [0.5, 0.6) is 0 Å². The average molecular weight is 284 g/mol. The zero-order chi connectivity index (χ0) is 14.8. The molecule has 0 saturated heterocycles. The lowest BCUT2D eigenvalue weighted by Gasteiger charge is -2.51. The van der Waals surface area contributed by atoms with E-state index in [2.05, 4.69) is 39.0 Å². The van der Waals surface area contributed by atoms with Crippen molar-refractivity contribution >= 4 is 0 Å². The van der Waals surface area contributed by atoms with Gasteiger partial charge in [-0.05, 0) is 79.2 Å². The van der Waals surface area contributed by atoms with Gasteiger partial charge in [0.25, 0.3) is 0 Å². The molecule has 2 fully saturated rings. The molecule has 0 aliphatic heterocycles. The zero-order valence-corrected chi connectivity index (χ0v) is 13.6. The first-order valence-electron chi connectivity index (χ1n) is 8.79. The highest BCUT2D eigenvalue weighted by atomic mass is 16.3. The molecule has 1 aromatic rings. The van der Waals surface area contributed by atoms with Gasteiger partial charge in [0.1, 0.15) is 0 Å². The van der Waals surface area contributed by atoms with Crippen molar-refractivity contribution in [2.45, 2.75) is 70.8 Å². The molecule has 21 heavy (non-hydrogen) atoms. The van der Waals surface area contributed by atoms with E-state index in [4.69, 9.17) is 0 Å². The van der Waals surface area contributed by atoms with Gasteiger partial charge in [-0.15, -0.1) is 0 Å². The second-order valence-electron chi connectivity index (χ2n) is 8.28. The average Bonchev–Trinajstić information content (AvgIpc) is 2.76. The van der Waals surface area contributed by atoms with Crippen molar-refractivity contribution in [3.05, 3.63) is 34.9 Å². The third kappa shape index (κ3) is 1.86. The Morgan fingerprint density at radius 1 is 1.14 bits per heavy atom. The van der Waals surface area contributed by atoms with E-state index in [0.717, 1.165) is 24.2 Å². The number of hydrogen-bond donors (Lipinski definition) is 1. The lowest BCUT2D eigenvalue weighted by molar-refractivity contribution is -0.0245. The molecule has 1 aromatic carbocycles. The maximum absolute atomic E-state index is 10.5. The molecule has 3 aliphatic carbocycles. The van der Waals surface area contributed by atoms with Crippen LogP contribution in [-0.2, 0) is 0 Å². The third-order valence-corrected chi connectivity index (χ3v) is 7.19. The van der Waals surface area contributed by atoms with Gasteiger partial charge < -0.3 is 5.11 Å². The van der Waals surface area contributed by atoms with Crippen LogP contribution in [0.2, 0.25) is 0 Å². The van der Waals surface area contributed by atoms with Crippen LogP contribution in [0.25, 0.3) is 0 Å². The smallest absolute Gasteiger partial charge is 0.0596 e.